The molecule has 0 saturated carbocycles. The molecule has 4 rings (SSSR count). The molecule has 1 atom stereocenters. The molecule has 4 aromatic heterocycles. The fourth-order valence-electron chi connectivity index (χ4n) is 3.29. The highest BCUT2D eigenvalue weighted by Gasteiger charge is 2.34. The molecule has 0 aromatic carbocycles. The van der Waals surface area contributed by atoms with Gasteiger partial charge < -0.3 is 9.12 Å². The van der Waals surface area contributed by atoms with Gasteiger partial charge in [-0.3, -0.25) is 0 Å². The normalized spacial score (nSPS) is 13.2. The Kier molecular flexibility index (Phi) is 5.44. The molecule has 12 heteroatoms. The Hall–Kier alpha value is -2.63. The first-order valence-corrected chi connectivity index (χ1v) is 10.8. The van der Waals surface area contributed by atoms with Gasteiger partial charge in [0.05, 0.1) is 34.1 Å². The van der Waals surface area contributed by atoms with E-state index in [0.717, 1.165) is 6.07 Å². The van der Waals surface area contributed by atoms with Crippen LogP contribution >= 0.6 is 11.6 Å². The molecule has 0 aliphatic heterocycles. The van der Waals surface area contributed by atoms with Crippen LogP contribution in [0.5, 0.6) is 0 Å². The third-order valence-electron chi connectivity index (χ3n) is 4.67. The van der Waals surface area contributed by atoms with E-state index < -0.39 is 23.0 Å². The minimum atomic E-state index is -4.59. The number of nitrogens with zero attached hydrogens (tertiary/aromatic N) is 6. The lowest BCUT2D eigenvalue weighted by Crippen LogP contribution is -2.11. The minimum absolute atomic E-state index is 0.125. The summed E-state index contributed by atoms with van der Waals surface area (Å²) >= 11 is 4.56. The van der Waals surface area contributed by atoms with E-state index in [1.165, 1.54) is 17.8 Å². The van der Waals surface area contributed by atoms with Crippen LogP contribution in [0, 0.1) is 6.92 Å². The second-order valence-corrected chi connectivity index (χ2v) is 8.85. The van der Waals surface area contributed by atoms with Crippen LogP contribution in [0.15, 0.2) is 35.5 Å². The molecular weight excluding hydrogens is 453 g/mol. The fourth-order valence-corrected chi connectivity index (χ4v) is 4.31. The highest BCUT2D eigenvalue weighted by atomic mass is 35.5. The highest BCUT2D eigenvalue weighted by molar-refractivity contribution is 7.91. The molecule has 0 aliphatic carbocycles. The monoisotopic (exact) mass is 468 g/mol. The third kappa shape index (κ3) is 3.88. The number of fused-ring (bicyclic) bond motifs is 1. The summed E-state index contributed by atoms with van der Waals surface area (Å²) in [5.74, 6) is 1.01. The first-order valence-electron chi connectivity index (χ1n) is 9.11. The SMILES string of the molecule is CC[S+]([O-])c1ccc(-n2cc(Cl)cn2)nc1-c1nc2cc(C(F)(F)F)nc(C)c2n1C. The lowest BCUT2D eigenvalue weighted by molar-refractivity contribution is -0.141. The average molecular weight is 469 g/mol. The van der Waals surface area contributed by atoms with Gasteiger partial charge in [-0.05, 0) is 43.2 Å². The number of imidazole rings is 1. The van der Waals surface area contributed by atoms with E-state index in [1.54, 1.807) is 36.9 Å². The van der Waals surface area contributed by atoms with Gasteiger partial charge in [-0.25, -0.2) is 19.6 Å². The van der Waals surface area contributed by atoms with Crippen molar-refractivity contribution in [1.82, 2.24) is 29.3 Å². The van der Waals surface area contributed by atoms with Crippen LogP contribution in [-0.4, -0.2) is 39.6 Å². The van der Waals surface area contributed by atoms with Crippen LogP contribution in [0.25, 0.3) is 28.4 Å². The standard InChI is InChI=1S/C19H16ClF3N6OS/c1-4-31(30)13-5-6-15(29-9-11(20)8-24-29)27-16(13)18-26-12-7-14(19(21,22)23)25-10(2)17(12)28(18)3/h5-9H,4H2,1-3H3. The van der Waals surface area contributed by atoms with Crippen molar-refractivity contribution in [3.05, 3.63) is 47.0 Å². The Morgan fingerprint density at radius 3 is 2.55 bits per heavy atom. The van der Waals surface area contributed by atoms with Crippen LogP contribution in [0.3, 0.4) is 0 Å². The Balaban J connectivity index is 1.97. The summed E-state index contributed by atoms with van der Waals surface area (Å²) in [4.78, 5) is 13.1. The zero-order valence-corrected chi connectivity index (χ0v) is 18.2. The van der Waals surface area contributed by atoms with Crippen molar-refractivity contribution in [3.8, 4) is 17.3 Å². The Labute approximate surface area is 183 Å². The van der Waals surface area contributed by atoms with E-state index in [-0.39, 0.29) is 22.7 Å². The van der Waals surface area contributed by atoms with Gasteiger partial charge >= 0.3 is 6.18 Å². The summed E-state index contributed by atoms with van der Waals surface area (Å²) in [5, 5.41) is 4.53. The lowest BCUT2D eigenvalue weighted by atomic mass is 10.2. The molecule has 0 radical (unpaired) electrons. The van der Waals surface area contributed by atoms with Crippen LogP contribution in [-0.2, 0) is 24.4 Å². The lowest BCUT2D eigenvalue weighted by Gasteiger charge is -2.13. The summed E-state index contributed by atoms with van der Waals surface area (Å²) in [6.07, 6.45) is -1.59. The van der Waals surface area contributed by atoms with Crippen LogP contribution in [0.4, 0.5) is 13.2 Å². The van der Waals surface area contributed by atoms with Crippen LogP contribution in [0.2, 0.25) is 5.02 Å². The smallest absolute Gasteiger partial charge is 0.433 e. The molecule has 162 valence electrons. The molecule has 4 aromatic rings. The Morgan fingerprint density at radius 2 is 1.94 bits per heavy atom. The van der Waals surface area contributed by atoms with Gasteiger partial charge in [0.2, 0.25) is 0 Å². The van der Waals surface area contributed by atoms with E-state index in [1.807, 2.05) is 0 Å². The van der Waals surface area contributed by atoms with Gasteiger partial charge in [-0.1, -0.05) is 11.6 Å². The molecule has 0 fully saturated rings. The van der Waals surface area contributed by atoms with E-state index in [0.29, 0.717) is 27.0 Å². The highest BCUT2D eigenvalue weighted by Crippen LogP contribution is 2.34. The van der Waals surface area contributed by atoms with E-state index >= 15 is 0 Å². The van der Waals surface area contributed by atoms with Crippen molar-refractivity contribution < 1.29 is 17.7 Å². The van der Waals surface area contributed by atoms with Crippen molar-refractivity contribution in [3.63, 3.8) is 0 Å². The predicted molar refractivity (Wildman–Crippen MR) is 111 cm³/mol. The topological polar surface area (TPSA) is 84.5 Å². The van der Waals surface area contributed by atoms with E-state index in [4.69, 9.17) is 11.6 Å². The van der Waals surface area contributed by atoms with Crippen LogP contribution in [0.1, 0.15) is 18.3 Å². The molecule has 0 N–H and O–H groups in total. The summed E-state index contributed by atoms with van der Waals surface area (Å²) in [7, 11) is 1.66. The number of hydrogen-bond donors (Lipinski definition) is 0. The number of hydrogen-bond acceptors (Lipinski definition) is 5. The number of halogens is 4. The maximum Gasteiger partial charge on any atom is 0.433 e. The van der Waals surface area contributed by atoms with E-state index in [2.05, 4.69) is 20.1 Å². The third-order valence-corrected chi connectivity index (χ3v) is 6.20. The first kappa shape index (κ1) is 21.6. The van der Waals surface area contributed by atoms with Gasteiger partial charge in [-0.15, -0.1) is 0 Å². The molecule has 0 amide bonds. The van der Waals surface area contributed by atoms with Crippen molar-refractivity contribution in [2.45, 2.75) is 24.9 Å². The number of aryl methyl sites for hydroxylation is 2. The average Bonchev–Trinajstić information content (AvgIpc) is 3.30. The molecule has 0 aliphatic rings. The fraction of sp³-hybridized carbons (Fsp3) is 0.263. The van der Waals surface area contributed by atoms with Gasteiger partial charge in [0.1, 0.15) is 11.4 Å². The molecule has 4 heterocycles. The number of rotatable bonds is 4. The first-order chi connectivity index (χ1) is 14.6. The maximum absolute atomic E-state index is 13.2. The molecule has 7 nitrogen and oxygen atoms in total. The zero-order valence-electron chi connectivity index (χ0n) is 16.6. The summed E-state index contributed by atoms with van der Waals surface area (Å²) in [6, 6.07) is 4.20. The van der Waals surface area contributed by atoms with Crippen LogP contribution < -0.4 is 0 Å². The number of alkyl halides is 3. The number of pyridine rings is 2. The molecule has 0 saturated heterocycles. The minimum Gasteiger partial charge on any atom is -0.611 e. The second kappa shape index (κ2) is 7.81. The summed E-state index contributed by atoms with van der Waals surface area (Å²) in [6.45, 7) is 3.25. The predicted octanol–water partition coefficient (Wildman–Crippen LogP) is 4.32. The Bertz CT molecular complexity index is 1290. The van der Waals surface area contributed by atoms with Crippen molar-refractivity contribution in [2.75, 3.05) is 5.75 Å². The van der Waals surface area contributed by atoms with Crippen molar-refractivity contribution >= 4 is 33.8 Å². The summed E-state index contributed by atoms with van der Waals surface area (Å²) < 4.78 is 55.4. The number of aromatic nitrogens is 6. The molecule has 0 spiro atoms. The summed E-state index contributed by atoms with van der Waals surface area (Å²) in [5.41, 5.74) is 0.00748. The van der Waals surface area contributed by atoms with Gasteiger partial charge in [0, 0.05) is 7.05 Å². The van der Waals surface area contributed by atoms with Gasteiger partial charge in [-0.2, -0.15) is 18.3 Å². The molecule has 1 unspecified atom stereocenters. The van der Waals surface area contributed by atoms with Gasteiger partial charge in [0.15, 0.2) is 22.2 Å². The second-order valence-electron chi connectivity index (χ2n) is 6.71. The molecular formula is C19H16ClF3N6OS. The Morgan fingerprint density at radius 1 is 1.19 bits per heavy atom. The van der Waals surface area contributed by atoms with Gasteiger partial charge in [0.25, 0.3) is 0 Å². The quantitative estimate of drug-likeness (QED) is 0.416. The largest absolute Gasteiger partial charge is 0.611 e. The van der Waals surface area contributed by atoms with Crippen molar-refractivity contribution in [2.24, 2.45) is 7.05 Å². The van der Waals surface area contributed by atoms with E-state index in [9.17, 15) is 17.7 Å². The maximum atomic E-state index is 13.2. The molecule has 31 heavy (non-hydrogen) atoms. The van der Waals surface area contributed by atoms with Crippen molar-refractivity contribution in [1.29, 1.82) is 0 Å². The zero-order chi connectivity index (χ0) is 22.5. The molecule has 0 bridgehead atoms.